The molecule has 0 spiro atoms. The van der Waals surface area contributed by atoms with E-state index in [-0.39, 0.29) is 25.8 Å². The first kappa shape index (κ1) is 24.0. The van der Waals surface area contributed by atoms with Gasteiger partial charge in [0.1, 0.15) is 19.1 Å². The van der Waals surface area contributed by atoms with Crippen LogP contribution in [0.25, 0.3) is 11.0 Å². The molecule has 0 fully saturated rings. The number of amides is 1. The van der Waals surface area contributed by atoms with Crippen LogP contribution in [0, 0.1) is 13.8 Å². The number of hydrogen-bond acceptors (Lipinski definition) is 4. The first-order chi connectivity index (χ1) is 15.4. The van der Waals surface area contributed by atoms with Gasteiger partial charge in [-0.05, 0) is 67.5 Å². The molecule has 0 unspecified atom stereocenters. The predicted molar refractivity (Wildman–Crippen MR) is 129 cm³/mol. The lowest BCUT2D eigenvalue weighted by Gasteiger charge is -2.27. The number of aromatic nitrogens is 2. The Morgan fingerprint density at radius 1 is 1.12 bits per heavy atom. The van der Waals surface area contributed by atoms with Gasteiger partial charge < -0.3 is 14.4 Å². The molecule has 1 amide bonds. The van der Waals surface area contributed by atoms with Crippen molar-refractivity contribution in [3.8, 4) is 0 Å². The molecule has 1 N–H and O–H groups in total. The second-order valence-electron chi connectivity index (χ2n) is 8.24. The molecule has 0 radical (unpaired) electrons. The summed E-state index contributed by atoms with van der Waals surface area (Å²) < 4.78 is 7.46. The number of para-hydroxylation sites is 1. The van der Waals surface area contributed by atoms with Crippen LogP contribution in [0.4, 0.5) is 5.69 Å². The summed E-state index contributed by atoms with van der Waals surface area (Å²) in [5.41, 5.74) is 7.40. The number of methoxy groups -OCH3 is 1. The number of carbonyl (C=O) groups excluding carboxylic acids is 1. The van der Waals surface area contributed by atoms with Gasteiger partial charge in [-0.15, -0.1) is 0 Å². The SMILES string of the molecule is CCc1cccc(CC)c1N(COC)C(=O)Cn1c(CCCO)nc2cc(C)c(C)cc21. The number of imidazole rings is 1. The topological polar surface area (TPSA) is 67.6 Å². The van der Waals surface area contributed by atoms with Crippen LogP contribution in [0.5, 0.6) is 0 Å². The number of aryl methyl sites for hydroxylation is 5. The Balaban J connectivity index is 2.06. The number of aliphatic hydroxyl groups excluding tert-OH is 1. The van der Waals surface area contributed by atoms with E-state index in [0.717, 1.165) is 52.1 Å². The summed E-state index contributed by atoms with van der Waals surface area (Å²) in [6.45, 7) is 8.81. The van der Waals surface area contributed by atoms with Gasteiger partial charge in [-0.3, -0.25) is 9.69 Å². The Bertz CT molecular complexity index is 1070. The highest BCUT2D eigenvalue weighted by Crippen LogP contribution is 2.28. The monoisotopic (exact) mass is 437 g/mol. The molecular formula is C26H35N3O3. The molecular weight excluding hydrogens is 402 g/mol. The highest BCUT2D eigenvalue weighted by Gasteiger charge is 2.23. The lowest BCUT2D eigenvalue weighted by Crippen LogP contribution is -2.37. The van der Waals surface area contributed by atoms with E-state index in [2.05, 4.69) is 58.0 Å². The molecule has 0 saturated heterocycles. The van der Waals surface area contributed by atoms with Crippen LogP contribution in [0.15, 0.2) is 30.3 Å². The summed E-state index contributed by atoms with van der Waals surface area (Å²) in [5, 5.41) is 9.36. The van der Waals surface area contributed by atoms with E-state index < -0.39 is 0 Å². The maximum atomic E-state index is 13.7. The number of benzene rings is 2. The summed E-state index contributed by atoms with van der Waals surface area (Å²) in [4.78, 5) is 20.3. The minimum Gasteiger partial charge on any atom is -0.396 e. The lowest BCUT2D eigenvalue weighted by atomic mass is 10.0. The molecule has 6 heteroatoms. The highest BCUT2D eigenvalue weighted by molar-refractivity contribution is 5.95. The van der Waals surface area contributed by atoms with Crippen molar-refractivity contribution < 1.29 is 14.6 Å². The van der Waals surface area contributed by atoms with Crippen molar-refractivity contribution in [2.24, 2.45) is 0 Å². The van der Waals surface area contributed by atoms with Crippen LogP contribution >= 0.6 is 0 Å². The van der Waals surface area contributed by atoms with Crippen LogP contribution in [0.3, 0.4) is 0 Å². The summed E-state index contributed by atoms with van der Waals surface area (Å²) in [6, 6.07) is 10.4. The fourth-order valence-electron chi connectivity index (χ4n) is 4.21. The number of aliphatic hydroxyl groups is 1. The molecule has 1 heterocycles. The average Bonchev–Trinajstić information content (AvgIpc) is 3.11. The average molecular weight is 438 g/mol. The Hall–Kier alpha value is -2.70. The maximum Gasteiger partial charge on any atom is 0.248 e. The number of rotatable bonds is 10. The predicted octanol–water partition coefficient (Wildman–Crippen LogP) is 4.34. The van der Waals surface area contributed by atoms with Crippen molar-refractivity contribution in [3.63, 3.8) is 0 Å². The van der Waals surface area contributed by atoms with Crippen molar-refractivity contribution in [2.45, 2.75) is 59.9 Å². The number of nitrogens with zero attached hydrogens (tertiary/aromatic N) is 3. The van der Waals surface area contributed by atoms with Crippen molar-refractivity contribution in [2.75, 3.05) is 25.3 Å². The fraction of sp³-hybridized carbons (Fsp3) is 0.462. The minimum absolute atomic E-state index is 0.0368. The van der Waals surface area contributed by atoms with E-state index in [1.165, 1.54) is 5.56 Å². The van der Waals surface area contributed by atoms with E-state index in [1.807, 2.05) is 4.57 Å². The van der Waals surface area contributed by atoms with Crippen LogP contribution in [0.1, 0.15) is 48.3 Å². The van der Waals surface area contributed by atoms with Crippen molar-refractivity contribution in [3.05, 3.63) is 58.4 Å². The van der Waals surface area contributed by atoms with Crippen LogP contribution in [-0.4, -0.2) is 41.0 Å². The van der Waals surface area contributed by atoms with Gasteiger partial charge >= 0.3 is 0 Å². The zero-order chi connectivity index (χ0) is 23.3. The third-order valence-corrected chi connectivity index (χ3v) is 6.09. The summed E-state index contributed by atoms with van der Waals surface area (Å²) in [5.74, 6) is 0.787. The first-order valence-corrected chi connectivity index (χ1v) is 11.4. The molecule has 0 aliphatic carbocycles. The van der Waals surface area contributed by atoms with Gasteiger partial charge in [0.25, 0.3) is 0 Å². The zero-order valence-electron chi connectivity index (χ0n) is 19.9. The van der Waals surface area contributed by atoms with Gasteiger partial charge in [0, 0.05) is 20.1 Å². The van der Waals surface area contributed by atoms with Crippen LogP contribution < -0.4 is 4.90 Å². The molecule has 0 bridgehead atoms. The molecule has 0 atom stereocenters. The molecule has 2 aromatic carbocycles. The smallest absolute Gasteiger partial charge is 0.248 e. The molecule has 6 nitrogen and oxygen atoms in total. The van der Waals surface area contributed by atoms with E-state index in [0.29, 0.717) is 12.8 Å². The first-order valence-electron chi connectivity index (χ1n) is 11.4. The third-order valence-electron chi connectivity index (χ3n) is 6.09. The van der Waals surface area contributed by atoms with Crippen molar-refractivity contribution in [1.82, 2.24) is 9.55 Å². The number of fused-ring (bicyclic) bond motifs is 1. The number of anilines is 1. The number of ether oxygens (including phenoxy) is 1. The van der Waals surface area contributed by atoms with Gasteiger partial charge in [0.05, 0.1) is 16.7 Å². The quantitative estimate of drug-likeness (QED) is 0.479. The fourth-order valence-corrected chi connectivity index (χ4v) is 4.21. The van der Waals surface area contributed by atoms with E-state index in [1.54, 1.807) is 12.0 Å². The largest absolute Gasteiger partial charge is 0.396 e. The van der Waals surface area contributed by atoms with Crippen LogP contribution in [-0.2, 0) is 35.3 Å². The van der Waals surface area contributed by atoms with E-state index >= 15 is 0 Å². The van der Waals surface area contributed by atoms with E-state index in [9.17, 15) is 9.90 Å². The molecule has 3 rings (SSSR count). The number of hydrogen-bond donors (Lipinski definition) is 1. The molecule has 0 saturated carbocycles. The molecule has 32 heavy (non-hydrogen) atoms. The zero-order valence-corrected chi connectivity index (χ0v) is 19.9. The van der Waals surface area contributed by atoms with Gasteiger partial charge in [-0.2, -0.15) is 0 Å². The van der Waals surface area contributed by atoms with Crippen molar-refractivity contribution >= 4 is 22.6 Å². The Kier molecular flexibility index (Phi) is 8.04. The molecule has 172 valence electrons. The Morgan fingerprint density at radius 3 is 2.38 bits per heavy atom. The molecule has 3 aromatic rings. The molecule has 0 aliphatic rings. The van der Waals surface area contributed by atoms with Crippen molar-refractivity contribution in [1.29, 1.82) is 0 Å². The third kappa shape index (κ3) is 4.87. The van der Waals surface area contributed by atoms with E-state index in [4.69, 9.17) is 9.72 Å². The number of carbonyl (C=O) groups is 1. The Morgan fingerprint density at radius 2 is 1.78 bits per heavy atom. The van der Waals surface area contributed by atoms with Gasteiger partial charge in [0.2, 0.25) is 5.91 Å². The van der Waals surface area contributed by atoms with Crippen LogP contribution in [0.2, 0.25) is 0 Å². The van der Waals surface area contributed by atoms with Gasteiger partial charge in [-0.1, -0.05) is 32.0 Å². The maximum absolute atomic E-state index is 13.7. The highest BCUT2D eigenvalue weighted by atomic mass is 16.5. The van der Waals surface area contributed by atoms with Gasteiger partial charge in [-0.25, -0.2) is 4.98 Å². The summed E-state index contributed by atoms with van der Waals surface area (Å²) in [6.07, 6.45) is 2.90. The van der Waals surface area contributed by atoms with Gasteiger partial charge in [0.15, 0.2) is 0 Å². The lowest BCUT2D eigenvalue weighted by molar-refractivity contribution is -0.120. The second kappa shape index (κ2) is 10.7. The second-order valence-corrected chi connectivity index (χ2v) is 8.24. The summed E-state index contributed by atoms with van der Waals surface area (Å²) in [7, 11) is 1.62. The standard InChI is InChI=1S/C26H35N3O3/c1-6-20-10-8-11-21(7-2)26(20)29(17-32-5)25(31)16-28-23-15-19(4)18(3)14-22(23)27-24(28)12-9-13-30/h8,10-11,14-15,30H,6-7,9,12-13,16-17H2,1-5H3. The normalized spacial score (nSPS) is 11.3. The Labute approximate surface area is 190 Å². The summed E-state index contributed by atoms with van der Waals surface area (Å²) >= 11 is 0. The molecule has 0 aliphatic heterocycles. The molecule has 1 aromatic heterocycles. The minimum atomic E-state index is -0.0368.